The van der Waals surface area contributed by atoms with E-state index in [2.05, 4.69) is 5.32 Å². The molecular weight excluding hydrogens is 280 g/mol. The van der Waals surface area contributed by atoms with Crippen LogP contribution < -0.4 is 5.32 Å². The minimum Gasteiger partial charge on any atom is -0.462 e. The van der Waals surface area contributed by atoms with Gasteiger partial charge >= 0.3 is 0 Å². The van der Waals surface area contributed by atoms with Crippen LogP contribution in [0, 0.1) is 6.92 Å². The second kappa shape index (κ2) is 6.23. The van der Waals surface area contributed by atoms with E-state index >= 15 is 0 Å². The molecule has 20 heavy (non-hydrogen) atoms. The van der Waals surface area contributed by atoms with Crippen molar-refractivity contribution >= 4 is 22.0 Å². The molecule has 0 saturated carbocycles. The van der Waals surface area contributed by atoms with E-state index in [1.54, 1.807) is 12.1 Å². The molecule has 1 saturated heterocycles. The van der Waals surface area contributed by atoms with Crippen molar-refractivity contribution < 1.29 is 17.6 Å². The first-order valence-corrected chi connectivity index (χ1v) is 8.08. The highest BCUT2D eigenvalue weighted by Crippen LogP contribution is 2.11. The summed E-state index contributed by atoms with van der Waals surface area (Å²) in [4.78, 5) is 11.6. The van der Waals surface area contributed by atoms with Crippen molar-refractivity contribution in [1.82, 2.24) is 9.62 Å². The summed E-state index contributed by atoms with van der Waals surface area (Å²) in [6, 6.07) is 3.59. The van der Waals surface area contributed by atoms with Gasteiger partial charge in [-0.15, -0.1) is 0 Å². The molecule has 0 atom stereocenters. The summed E-state index contributed by atoms with van der Waals surface area (Å²) in [5, 5.41) is 2.65. The van der Waals surface area contributed by atoms with Crippen LogP contribution in [-0.4, -0.2) is 44.0 Å². The van der Waals surface area contributed by atoms with Gasteiger partial charge in [0.05, 0.1) is 5.75 Å². The minimum atomic E-state index is -3.09. The van der Waals surface area contributed by atoms with Crippen molar-refractivity contribution in [3.63, 3.8) is 0 Å². The Hall–Kier alpha value is -1.60. The van der Waals surface area contributed by atoms with Crippen LogP contribution in [0.3, 0.4) is 0 Å². The van der Waals surface area contributed by atoms with Gasteiger partial charge in [0.25, 0.3) is 0 Å². The number of hydrogen-bond acceptors (Lipinski definition) is 4. The van der Waals surface area contributed by atoms with E-state index in [0.717, 1.165) is 5.76 Å². The fourth-order valence-corrected chi connectivity index (χ4v) is 3.53. The predicted molar refractivity (Wildman–Crippen MR) is 75.5 cm³/mol. The lowest BCUT2D eigenvalue weighted by Crippen LogP contribution is -2.35. The zero-order valence-electron chi connectivity index (χ0n) is 11.3. The monoisotopic (exact) mass is 298 g/mol. The molecule has 1 fully saturated rings. The third kappa shape index (κ3) is 3.94. The average Bonchev–Trinajstić information content (AvgIpc) is 2.93. The number of furan rings is 1. The number of rotatable bonds is 5. The summed E-state index contributed by atoms with van der Waals surface area (Å²) >= 11 is 0. The molecule has 1 aromatic rings. The van der Waals surface area contributed by atoms with E-state index in [1.165, 1.54) is 10.4 Å². The number of nitrogens with zero attached hydrogens (tertiary/aromatic N) is 1. The van der Waals surface area contributed by atoms with Gasteiger partial charge in [-0.1, -0.05) is 0 Å². The number of carbonyl (C=O) groups is 1. The van der Waals surface area contributed by atoms with Gasteiger partial charge in [0.15, 0.2) is 0 Å². The molecule has 1 aromatic heterocycles. The van der Waals surface area contributed by atoms with Crippen LogP contribution in [0.15, 0.2) is 22.6 Å². The van der Waals surface area contributed by atoms with Gasteiger partial charge < -0.3 is 9.73 Å². The summed E-state index contributed by atoms with van der Waals surface area (Å²) in [5.41, 5.74) is 0. The first-order valence-electron chi connectivity index (χ1n) is 6.47. The Morgan fingerprint density at radius 2 is 2.30 bits per heavy atom. The van der Waals surface area contributed by atoms with Crippen molar-refractivity contribution in [2.24, 2.45) is 0 Å². The van der Waals surface area contributed by atoms with Gasteiger partial charge in [-0.2, -0.15) is 0 Å². The molecule has 1 amide bonds. The second-order valence-corrected chi connectivity index (χ2v) is 6.73. The average molecular weight is 298 g/mol. The predicted octanol–water partition coefficient (Wildman–Crippen LogP) is 0.753. The smallest absolute Gasteiger partial charge is 0.244 e. The molecule has 0 spiro atoms. The lowest BCUT2D eigenvalue weighted by atomic mass is 10.4. The van der Waals surface area contributed by atoms with Crippen molar-refractivity contribution in [2.45, 2.75) is 13.3 Å². The largest absolute Gasteiger partial charge is 0.462 e. The molecule has 7 heteroatoms. The van der Waals surface area contributed by atoms with Gasteiger partial charge in [-0.3, -0.25) is 4.79 Å². The van der Waals surface area contributed by atoms with Crippen molar-refractivity contribution in [1.29, 1.82) is 0 Å². The minimum absolute atomic E-state index is 0.207. The summed E-state index contributed by atoms with van der Waals surface area (Å²) in [6.45, 7) is 3.00. The zero-order valence-corrected chi connectivity index (χ0v) is 12.1. The highest BCUT2D eigenvalue weighted by atomic mass is 32.2. The first kappa shape index (κ1) is 14.8. The molecule has 2 rings (SSSR count). The molecule has 0 aliphatic carbocycles. The van der Waals surface area contributed by atoms with Gasteiger partial charge in [-0.25, -0.2) is 12.7 Å². The lowest BCUT2D eigenvalue weighted by molar-refractivity contribution is -0.116. The summed E-state index contributed by atoms with van der Waals surface area (Å²) in [5.74, 6) is 1.33. The summed E-state index contributed by atoms with van der Waals surface area (Å²) in [6.07, 6.45) is 3.61. The van der Waals surface area contributed by atoms with E-state index < -0.39 is 10.0 Å². The topological polar surface area (TPSA) is 79.6 Å². The number of aryl methyl sites for hydroxylation is 1. The molecule has 0 aromatic carbocycles. The highest BCUT2D eigenvalue weighted by Gasteiger charge is 2.27. The molecule has 6 nitrogen and oxygen atoms in total. The Kier molecular flexibility index (Phi) is 4.61. The molecule has 0 radical (unpaired) electrons. The number of amides is 1. The van der Waals surface area contributed by atoms with Crippen LogP contribution in [0.1, 0.15) is 17.9 Å². The summed E-state index contributed by atoms with van der Waals surface area (Å²) < 4.78 is 29.8. The molecule has 2 heterocycles. The fraction of sp³-hybridized carbons (Fsp3) is 0.462. The van der Waals surface area contributed by atoms with Crippen molar-refractivity contribution in [3.8, 4) is 0 Å². The Bertz CT molecular complexity index is 604. The number of hydrogen-bond donors (Lipinski definition) is 1. The van der Waals surface area contributed by atoms with E-state index in [1.807, 2.05) is 13.0 Å². The summed E-state index contributed by atoms with van der Waals surface area (Å²) in [7, 11) is -3.09. The Morgan fingerprint density at radius 3 is 2.90 bits per heavy atom. The quantitative estimate of drug-likeness (QED) is 0.814. The third-order valence-electron chi connectivity index (χ3n) is 3.02. The SMILES string of the molecule is Cc1ccc(C=CC(=O)NCCN2CCCS2(=O)=O)o1. The van der Waals surface area contributed by atoms with E-state index in [-0.39, 0.29) is 11.7 Å². The van der Waals surface area contributed by atoms with Crippen LogP contribution in [0.25, 0.3) is 6.08 Å². The zero-order chi connectivity index (χ0) is 14.6. The Balaban J connectivity index is 1.74. The standard InChI is InChI=1S/C13H18N2O4S/c1-11-3-4-12(19-11)5-6-13(16)14-7-9-15-8-2-10-20(15,17)18/h3-6H,2,7-10H2,1H3,(H,14,16). The van der Waals surface area contributed by atoms with Crippen LogP contribution in [0.4, 0.5) is 0 Å². The number of sulfonamides is 1. The van der Waals surface area contributed by atoms with Crippen LogP contribution in [-0.2, 0) is 14.8 Å². The van der Waals surface area contributed by atoms with Crippen molar-refractivity contribution in [2.75, 3.05) is 25.4 Å². The normalized spacial score (nSPS) is 18.6. The Morgan fingerprint density at radius 1 is 1.50 bits per heavy atom. The molecule has 1 N–H and O–H groups in total. The van der Waals surface area contributed by atoms with E-state index in [9.17, 15) is 13.2 Å². The Labute approximate surface area is 118 Å². The molecule has 1 aliphatic rings. The van der Waals surface area contributed by atoms with Crippen LogP contribution in [0.2, 0.25) is 0 Å². The third-order valence-corrected chi connectivity index (χ3v) is 4.98. The second-order valence-electron chi connectivity index (χ2n) is 4.64. The molecule has 110 valence electrons. The molecular formula is C13H18N2O4S. The maximum absolute atomic E-state index is 11.6. The van der Waals surface area contributed by atoms with Gasteiger partial charge in [0.2, 0.25) is 15.9 Å². The van der Waals surface area contributed by atoms with Crippen LogP contribution >= 0.6 is 0 Å². The maximum atomic E-state index is 11.6. The van der Waals surface area contributed by atoms with Gasteiger partial charge in [-0.05, 0) is 31.6 Å². The van der Waals surface area contributed by atoms with Gasteiger partial charge in [0.1, 0.15) is 11.5 Å². The first-order chi connectivity index (χ1) is 9.47. The van der Waals surface area contributed by atoms with Crippen LogP contribution in [0.5, 0.6) is 0 Å². The number of nitrogens with one attached hydrogen (secondary N) is 1. The molecule has 0 bridgehead atoms. The van der Waals surface area contributed by atoms with E-state index in [0.29, 0.717) is 31.8 Å². The maximum Gasteiger partial charge on any atom is 0.244 e. The molecule has 1 aliphatic heterocycles. The number of carbonyl (C=O) groups excluding carboxylic acids is 1. The lowest BCUT2D eigenvalue weighted by Gasteiger charge is -2.13. The van der Waals surface area contributed by atoms with E-state index in [4.69, 9.17) is 4.42 Å². The van der Waals surface area contributed by atoms with Crippen molar-refractivity contribution in [3.05, 3.63) is 29.7 Å². The molecule has 0 unspecified atom stereocenters. The van der Waals surface area contributed by atoms with Gasteiger partial charge in [0, 0.05) is 25.7 Å². The fourth-order valence-electron chi connectivity index (χ4n) is 2.01. The highest BCUT2D eigenvalue weighted by molar-refractivity contribution is 7.89.